The van der Waals surface area contributed by atoms with Crippen molar-refractivity contribution >= 4 is 10.0 Å². The fourth-order valence-electron chi connectivity index (χ4n) is 4.05. The van der Waals surface area contributed by atoms with E-state index in [-0.39, 0.29) is 0 Å². The summed E-state index contributed by atoms with van der Waals surface area (Å²) >= 11 is 0. The van der Waals surface area contributed by atoms with E-state index in [1.807, 2.05) is 121 Å². The molecule has 0 N–H and O–H groups in total. The number of rotatable bonds is 7. The molecule has 0 atom stereocenters. The Hall–Kier alpha value is -3.21. The first-order valence-corrected chi connectivity index (χ1v) is 12.1. The van der Waals surface area contributed by atoms with Gasteiger partial charge in [-0.1, -0.05) is 121 Å². The molecule has 156 valence electrons. The Bertz CT molecular complexity index is 1030. The summed E-state index contributed by atoms with van der Waals surface area (Å²) in [5, 5.41) is 0. The van der Waals surface area contributed by atoms with E-state index in [4.69, 9.17) is 0 Å². The lowest BCUT2D eigenvalue weighted by molar-refractivity contribution is 0.314. The highest BCUT2D eigenvalue weighted by Gasteiger charge is 2.37. The lowest BCUT2D eigenvalue weighted by Crippen LogP contribution is -2.38. The van der Waals surface area contributed by atoms with E-state index in [0.29, 0.717) is 0 Å². The standard InChI is InChI=1S/C27H25NO2S/c1-31(29,30)28(26(22-14-6-2-7-15-22)23-16-8-3-9-17-23)27(24-18-10-4-11-19-24)25-20-12-5-13-21-25/h2-21,26-27H,1H3. The second-order valence-electron chi connectivity index (χ2n) is 7.54. The van der Waals surface area contributed by atoms with Crippen molar-refractivity contribution in [3.63, 3.8) is 0 Å². The van der Waals surface area contributed by atoms with Crippen LogP contribution in [0.2, 0.25) is 0 Å². The maximum atomic E-state index is 13.4. The van der Waals surface area contributed by atoms with Crippen LogP contribution in [0.15, 0.2) is 121 Å². The number of hydrogen-bond donors (Lipinski definition) is 0. The van der Waals surface area contributed by atoms with Crippen LogP contribution >= 0.6 is 0 Å². The van der Waals surface area contributed by atoms with Gasteiger partial charge >= 0.3 is 0 Å². The number of benzene rings is 4. The first-order chi connectivity index (χ1) is 15.1. The van der Waals surface area contributed by atoms with Crippen LogP contribution in [0.25, 0.3) is 0 Å². The van der Waals surface area contributed by atoms with E-state index < -0.39 is 22.1 Å². The molecule has 0 aliphatic heterocycles. The van der Waals surface area contributed by atoms with Gasteiger partial charge in [0.25, 0.3) is 0 Å². The maximum absolute atomic E-state index is 13.4. The van der Waals surface area contributed by atoms with Gasteiger partial charge in [0.05, 0.1) is 18.3 Å². The van der Waals surface area contributed by atoms with Crippen LogP contribution in [0, 0.1) is 0 Å². The highest BCUT2D eigenvalue weighted by atomic mass is 32.2. The normalized spacial score (nSPS) is 11.9. The molecule has 0 heterocycles. The molecule has 0 bridgehead atoms. The number of sulfonamides is 1. The van der Waals surface area contributed by atoms with Crippen LogP contribution in [0.5, 0.6) is 0 Å². The zero-order valence-electron chi connectivity index (χ0n) is 17.4. The summed E-state index contributed by atoms with van der Waals surface area (Å²) in [6.45, 7) is 0. The molecule has 0 radical (unpaired) electrons. The lowest BCUT2D eigenvalue weighted by atomic mass is 9.93. The predicted octanol–water partition coefficient (Wildman–Crippen LogP) is 5.83. The third-order valence-corrected chi connectivity index (χ3v) is 6.54. The van der Waals surface area contributed by atoms with Crippen molar-refractivity contribution in [1.82, 2.24) is 4.31 Å². The first-order valence-electron chi connectivity index (χ1n) is 10.2. The largest absolute Gasteiger partial charge is 0.212 e. The van der Waals surface area contributed by atoms with Gasteiger partial charge in [-0.2, -0.15) is 4.31 Å². The predicted molar refractivity (Wildman–Crippen MR) is 126 cm³/mol. The van der Waals surface area contributed by atoms with Gasteiger partial charge < -0.3 is 0 Å². The van der Waals surface area contributed by atoms with E-state index >= 15 is 0 Å². The van der Waals surface area contributed by atoms with Gasteiger partial charge in [-0.25, -0.2) is 8.42 Å². The second kappa shape index (κ2) is 9.29. The van der Waals surface area contributed by atoms with Crippen molar-refractivity contribution in [2.75, 3.05) is 6.26 Å². The zero-order valence-corrected chi connectivity index (χ0v) is 18.2. The van der Waals surface area contributed by atoms with Crippen molar-refractivity contribution in [2.24, 2.45) is 0 Å². The molecule has 0 aliphatic rings. The first kappa shape index (κ1) is 21.0. The summed E-state index contributed by atoms with van der Waals surface area (Å²) in [5.41, 5.74) is 3.71. The summed E-state index contributed by atoms with van der Waals surface area (Å²) in [6.07, 6.45) is 1.30. The van der Waals surface area contributed by atoms with Gasteiger partial charge in [-0.3, -0.25) is 0 Å². The molecule has 0 unspecified atom stereocenters. The van der Waals surface area contributed by atoms with Gasteiger partial charge in [0.2, 0.25) is 10.0 Å². The molecule has 0 aliphatic carbocycles. The summed E-state index contributed by atoms with van der Waals surface area (Å²) in [7, 11) is -3.62. The number of nitrogens with zero attached hydrogens (tertiary/aromatic N) is 1. The molecule has 4 heteroatoms. The minimum absolute atomic E-state index is 0.470. The molecule has 4 aromatic carbocycles. The van der Waals surface area contributed by atoms with Crippen LogP contribution in [-0.4, -0.2) is 19.0 Å². The second-order valence-corrected chi connectivity index (χ2v) is 9.43. The molecular formula is C27H25NO2S. The summed E-state index contributed by atoms with van der Waals surface area (Å²) in [6, 6.07) is 38.4. The fraction of sp³-hybridized carbons (Fsp3) is 0.111. The summed E-state index contributed by atoms with van der Waals surface area (Å²) in [5.74, 6) is 0. The SMILES string of the molecule is CS(=O)(=O)N(C(c1ccccc1)c1ccccc1)C(c1ccccc1)c1ccccc1. The van der Waals surface area contributed by atoms with E-state index in [0.717, 1.165) is 22.3 Å². The maximum Gasteiger partial charge on any atom is 0.212 e. The topological polar surface area (TPSA) is 37.4 Å². The lowest BCUT2D eigenvalue weighted by Gasteiger charge is -2.37. The van der Waals surface area contributed by atoms with E-state index in [2.05, 4.69) is 0 Å². The fourth-order valence-corrected chi connectivity index (χ4v) is 5.30. The molecule has 4 rings (SSSR count). The molecule has 0 saturated heterocycles. The van der Waals surface area contributed by atoms with Gasteiger partial charge in [-0.15, -0.1) is 0 Å². The Morgan fingerprint density at radius 2 is 0.710 bits per heavy atom. The molecule has 0 amide bonds. The van der Waals surface area contributed by atoms with Crippen molar-refractivity contribution < 1.29 is 8.42 Å². The molecule has 0 saturated carbocycles. The van der Waals surface area contributed by atoms with E-state index in [9.17, 15) is 8.42 Å². The molecule has 0 aromatic heterocycles. The van der Waals surface area contributed by atoms with Gasteiger partial charge in [0.1, 0.15) is 0 Å². The van der Waals surface area contributed by atoms with Crippen molar-refractivity contribution in [2.45, 2.75) is 12.1 Å². The Morgan fingerprint density at radius 3 is 0.903 bits per heavy atom. The minimum atomic E-state index is -3.62. The average Bonchev–Trinajstić information content (AvgIpc) is 2.81. The monoisotopic (exact) mass is 427 g/mol. The van der Waals surface area contributed by atoms with Gasteiger partial charge in [0.15, 0.2) is 0 Å². The molecular weight excluding hydrogens is 402 g/mol. The van der Waals surface area contributed by atoms with Crippen molar-refractivity contribution in [3.8, 4) is 0 Å². The van der Waals surface area contributed by atoms with Crippen molar-refractivity contribution in [3.05, 3.63) is 144 Å². The minimum Gasteiger partial charge on any atom is -0.212 e. The number of hydrogen-bond acceptors (Lipinski definition) is 2. The van der Waals surface area contributed by atoms with Gasteiger partial charge in [0, 0.05) is 0 Å². The molecule has 3 nitrogen and oxygen atoms in total. The average molecular weight is 428 g/mol. The highest BCUT2D eigenvalue weighted by Crippen LogP contribution is 2.40. The molecule has 0 spiro atoms. The van der Waals surface area contributed by atoms with Crippen LogP contribution in [0.4, 0.5) is 0 Å². The molecule has 31 heavy (non-hydrogen) atoms. The Kier molecular flexibility index (Phi) is 6.31. The van der Waals surface area contributed by atoms with Crippen LogP contribution in [0.3, 0.4) is 0 Å². The quantitative estimate of drug-likeness (QED) is 0.372. The van der Waals surface area contributed by atoms with Crippen LogP contribution < -0.4 is 0 Å². The van der Waals surface area contributed by atoms with Crippen molar-refractivity contribution in [1.29, 1.82) is 0 Å². The van der Waals surface area contributed by atoms with Crippen LogP contribution in [0.1, 0.15) is 34.3 Å². The third kappa shape index (κ3) is 4.76. The Morgan fingerprint density at radius 1 is 0.484 bits per heavy atom. The van der Waals surface area contributed by atoms with Crippen LogP contribution in [-0.2, 0) is 10.0 Å². The smallest absolute Gasteiger partial charge is 0.212 e. The highest BCUT2D eigenvalue weighted by molar-refractivity contribution is 7.88. The summed E-state index contributed by atoms with van der Waals surface area (Å²) in [4.78, 5) is 0. The Labute approximate surface area is 184 Å². The van der Waals surface area contributed by atoms with Gasteiger partial charge in [-0.05, 0) is 22.3 Å². The zero-order chi connectivity index (χ0) is 21.7. The van der Waals surface area contributed by atoms with E-state index in [1.54, 1.807) is 4.31 Å². The third-order valence-electron chi connectivity index (χ3n) is 5.35. The molecule has 0 fully saturated rings. The molecule has 4 aromatic rings. The summed E-state index contributed by atoms with van der Waals surface area (Å²) < 4.78 is 28.5. The Balaban J connectivity index is 1.99. The van der Waals surface area contributed by atoms with E-state index in [1.165, 1.54) is 6.26 Å².